The molecule has 0 radical (unpaired) electrons. The van der Waals surface area contributed by atoms with Gasteiger partial charge in [0.1, 0.15) is 29.9 Å². The van der Waals surface area contributed by atoms with Crippen LogP contribution in [0.15, 0.2) is 30.5 Å². The lowest BCUT2D eigenvalue weighted by Gasteiger charge is -2.12. The van der Waals surface area contributed by atoms with Crippen molar-refractivity contribution in [1.82, 2.24) is 15.6 Å². The number of hydrogen-bond acceptors (Lipinski definition) is 8. The van der Waals surface area contributed by atoms with Gasteiger partial charge >= 0.3 is 0 Å². The number of aromatic nitrogens is 1. The van der Waals surface area contributed by atoms with Gasteiger partial charge in [-0.15, -0.1) is 0 Å². The molecule has 0 fully saturated rings. The van der Waals surface area contributed by atoms with E-state index < -0.39 is 12.0 Å². The van der Waals surface area contributed by atoms with Gasteiger partial charge in [-0.2, -0.15) is 0 Å². The molecule has 10 heteroatoms. The van der Waals surface area contributed by atoms with Gasteiger partial charge in [-0.1, -0.05) is 50.4 Å². The Bertz CT molecular complexity index is 859. The predicted molar refractivity (Wildman–Crippen MR) is 133 cm³/mol. The molecule has 5 N–H and O–H groups in total. The van der Waals surface area contributed by atoms with Crippen LogP contribution in [-0.2, 0) is 0 Å². The minimum atomic E-state index is -0.733. The second-order valence-corrected chi connectivity index (χ2v) is 8.91. The topological polar surface area (TPSA) is 136 Å². The minimum Gasteiger partial charge on any atom is -0.492 e. The molecule has 1 aromatic heterocycles. The molecular formula is C24H36N4O5S. The first kappa shape index (κ1) is 27.6. The highest BCUT2D eigenvalue weighted by Crippen LogP contribution is 2.20. The van der Waals surface area contributed by atoms with Crippen LogP contribution in [0.4, 0.5) is 0 Å². The van der Waals surface area contributed by atoms with Gasteiger partial charge in [-0.25, -0.2) is 4.98 Å². The predicted octanol–water partition coefficient (Wildman–Crippen LogP) is 2.74. The van der Waals surface area contributed by atoms with Crippen molar-refractivity contribution in [3.8, 4) is 10.9 Å². The first-order valence-electron chi connectivity index (χ1n) is 11.8. The molecular weight excluding hydrogens is 456 g/mol. The van der Waals surface area contributed by atoms with E-state index in [1.165, 1.54) is 31.9 Å². The van der Waals surface area contributed by atoms with E-state index in [1.807, 2.05) is 0 Å². The zero-order valence-electron chi connectivity index (χ0n) is 19.8. The van der Waals surface area contributed by atoms with E-state index in [4.69, 9.17) is 15.2 Å². The molecule has 34 heavy (non-hydrogen) atoms. The highest BCUT2D eigenvalue weighted by molar-refractivity contribution is 7.15. The average molecular weight is 493 g/mol. The van der Waals surface area contributed by atoms with E-state index in [-0.39, 0.29) is 12.5 Å². The third kappa shape index (κ3) is 11.0. The second-order valence-electron chi connectivity index (χ2n) is 7.92. The van der Waals surface area contributed by atoms with E-state index in [9.17, 15) is 14.7 Å². The summed E-state index contributed by atoms with van der Waals surface area (Å²) in [6.45, 7) is 4.16. The molecule has 2 rings (SSSR count). The number of unbranched alkanes of at least 4 members (excludes halogenated alkanes) is 5. The molecule has 1 unspecified atom stereocenters. The van der Waals surface area contributed by atoms with E-state index >= 15 is 0 Å². The average Bonchev–Trinajstić information content (AvgIpc) is 3.31. The first-order valence-corrected chi connectivity index (χ1v) is 12.6. The number of ether oxygens (including phenoxy) is 2. The molecule has 0 bridgehead atoms. The van der Waals surface area contributed by atoms with E-state index in [2.05, 4.69) is 22.5 Å². The van der Waals surface area contributed by atoms with Crippen molar-refractivity contribution >= 4 is 23.2 Å². The SMILES string of the molecule is CCCCCCCCNC(=O)c1cnc(OCC(O)CNCCOc2ccc(C(N)=O)cc2)s1. The number of nitrogens with one attached hydrogen (secondary N) is 2. The maximum absolute atomic E-state index is 12.2. The Hall–Kier alpha value is -2.69. The second kappa shape index (κ2) is 16.0. The zero-order valence-corrected chi connectivity index (χ0v) is 20.6. The fourth-order valence-electron chi connectivity index (χ4n) is 3.08. The molecule has 0 spiro atoms. The van der Waals surface area contributed by atoms with Crippen LogP contribution in [0.2, 0.25) is 0 Å². The summed E-state index contributed by atoms with van der Waals surface area (Å²) in [5.41, 5.74) is 5.63. The van der Waals surface area contributed by atoms with Gasteiger partial charge in [0.15, 0.2) is 0 Å². The third-order valence-corrected chi connectivity index (χ3v) is 5.90. The number of nitrogens with zero attached hydrogens (tertiary/aromatic N) is 1. The largest absolute Gasteiger partial charge is 0.492 e. The van der Waals surface area contributed by atoms with E-state index in [0.29, 0.717) is 47.6 Å². The summed E-state index contributed by atoms with van der Waals surface area (Å²) in [5, 5.41) is 16.4. The van der Waals surface area contributed by atoms with Crippen LogP contribution in [0.5, 0.6) is 10.9 Å². The highest BCUT2D eigenvalue weighted by Gasteiger charge is 2.12. The number of hydrogen-bond donors (Lipinski definition) is 4. The Morgan fingerprint density at radius 1 is 1.09 bits per heavy atom. The number of aliphatic hydroxyl groups excluding tert-OH is 1. The lowest BCUT2D eigenvalue weighted by molar-refractivity contribution is 0.0955. The summed E-state index contributed by atoms with van der Waals surface area (Å²) >= 11 is 1.16. The maximum Gasteiger partial charge on any atom is 0.273 e. The first-order chi connectivity index (χ1) is 16.5. The summed E-state index contributed by atoms with van der Waals surface area (Å²) in [5.74, 6) is 0.00353. The summed E-state index contributed by atoms with van der Waals surface area (Å²) < 4.78 is 11.1. The lowest BCUT2D eigenvalue weighted by Crippen LogP contribution is -2.33. The summed E-state index contributed by atoms with van der Waals surface area (Å²) in [6.07, 6.45) is 7.82. The molecule has 1 heterocycles. The smallest absolute Gasteiger partial charge is 0.273 e. The fourth-order valence-corrected chi connectivity index (χ4v) is 3.77. The molecule has 188 valence electrons. The molecule has 0 aliphatic carbocycles. The van der Waals surface area contributed by atoms with Crippen LogP contribution < -0.4 is 25.8 Å². The number of aliphatic hydroxyl groups is 1. The van der Waals surface area contributed by atoms with Crippen molar-refractivity contribution in [1.29, 1.82) is 0 Å². The van der Waals surface area contributed by atoms with Gasteiger partial charge in [0, 0.05) is 25.2 Å². The molecule has 1 atom stereocenters. The Balaban J connectivity index is 1.54. The van der Waals surface area contributed by atoms with E-state index in [1.54, 1.807) is 24.3 Å². The molecule has 2 amide bonds. The monoisotopic (exact) mass is 492 g/mol. The number of thiazole rings is 1. The summed E-state index contributed by atoms with van der Waals surface area (Å²) in [6, 6.07) is 6.57. The van der Waals surface area contributed by atoms with Crippen molar-refractivity contribution in [2.24, 2.45) is 5.73 Å². The number of amides is 2. The fraction of sp³-hybridized carbons (Fsp3) is 0.542. The van der Waals surface area contributed by atoms with Crippen LogP contribution in [0.3, 0.4) is 0 Å². The normalized spacial score (nSPS) is 11.7. The number of rotatable bonds is 18. The Labute approximate surface area is 205 Å². The van der Waals surface area contributed by atoms with Crippen molar-refractivity contribution < 1.29 is 24.2 Å². The van der Waals surface area contributed by atoms with Crippen LogP contribution in [0.1, 0.15) is 65.5 Å². The Morgan fingerprint density at radius 2 is 1.82 bits per heavy atom. The maximum atomic E-state index is 12.2. The number of benzene rings is 1. The number of primary amides is 1. The number of carbonyl (C=O) groups is 2. The molecule has 0 saturated carbocycles. The zero-order chi connectivity index (χ0) is 24.6. The van der Waals surface area contributed by atoms with Crippen molar-refractivity contribution in [3.05, 3.63) is 40.9 Å². The van der Waals surface area contributed by atoms with E-state index in [0.717, 1.165) is 24.2 Å². The molecule has 0 aliphatic rings. The van der Waals surface area contributed by atoms with Crippen LogP contribution in [0, 0.1) is 0 Å². The van der Waals surface area contributed by atoms with Crippen molar-refractivity contribution in [2.75, 3.05) is 32.8 Å². The van der Waals surface area contributed by atoms with Gasteiger partial charge in [0.2, 0.25) is 5.91 Å². The molecule has 0 saturated heterocycles. The van der Waals surface area contributed by atoms with Crippen molar-refractivity contribution in [3.63, 3.8) is 0 Å². The standard InChI is InChI=1S/C24H36N4O5S/c1-2-3-4-5-6-7-12-27-23(31)21-16-28-24(34-21)33-17-19(29)15-26-13-14-32-20-10-8-18(9-11-20)22(25)30/h8-11,16,19,26,29H,2-7,12-15,17H2,1H3,(H2,25,30)(H,27,31). The molecule has 1 aromatic carbocycles. The molecule has 0 aliphatic heterocycles. The summed E-state index contributed by atoms with van der Waals surface area (Å²) in [7, 11) is 0. The highest BCUT2D eigenvalue weighted by atomic mass is 32.1. The summed E-state index contributed by atoms with van der Waals surface area (Å²) in [4.78, 5) is 27.8. The van der Waals surface area contributed by atoms with Crippen molar-refractivity contribution in [2.45, 2.75) is 51.6 Å². The minimum absolute atomic E-state index is 0.0643. The van der Waals surface area contributed by atoms with Crippen LogP contribution in [-0.4, -0.2) is 60.9 Å². The lowest BCUT2D eigenvalue weighted by atomic mass is 10.1. The Morgan fingerprint density at radius 3 is 2.56 bits per heavy atom. The molecule has 2 aromatic rings. The van der Waals surface area contributed by atoms with Gasteiger partial charge in [0.25, 0.3) is 11.1 Å². The molecule has 9 nitrogen and oxygen atoms in total. The van der Waals surface area contributed by atoms with Gasteiger partial charge in [-0.05, 0) is 30.7 Å². The van der Waals surface area contributed by atoms with Gasteiger partial charge in [0.05, 0.1) is 6.20 Å². The van der Waals surface area contributed by atoms with Gasteiger partial charge in [-0.3, -0.25) is 9.59 Å². The number of nitrogens with two attached hydrogens (primary N) is 1. The van der Waals surface area contributed by atoms with Crippen LogP contribution >= 0.6 is 11.3 Å². The quantitative estimate of drug-likeness (QED) is 0.235. The number of carbonyl (C=O) groups excluding carboxylic acids is 2. The van der Waals surface area contributed by atoms with Gasteiger partial charge < -0.3 is 30.9 Å². The van der Waals surface area contributed by atoms with Crippen LogP contribution in [0.25, 0.3) is 0 Å². The third-order valence-electron chi connectivity index (χ3n) is 4.99. The Kier molecular flexibility index (Phi) is 13.0.